The summed E-state index contributed by atoms with van der Waals surface area (Å²) in [5.41, 5.74) is 1.15. The van der Waals surface area contributed by atoms with Gasteiger partial charge < -0.3 is 0 Å². The molecule has 0 N–H and O–H groups in total. The molecule has 0 radical (unpaired) electrons. The van der Waals surface area contributed by atoms with E-state index in [1.165, 1.54) is 6.07 Å². The van der Waals surface area contributed by atoms with Gasteiger partial charge in [-0.2, -0.15) is 0 Å². The lowest BCUT2D eigenvalue weighted by molar-refractivity contribution is 0.623. The molecule has 0 atom stereocenters. The number of hydrogen-bond acceptors (Lipinski definition) is 1. The third-order valence-corrected chi connectivity index (χ3v) is 2.49. The van der Waals surface area contributed by atoms with Crippen LogP contribution in [0.5, 0.6) is 0 Å². The lowest BCUT2D eigenvalue weighted by Gasteiger charge is -2.02. The first-order valence-corrected chi connectivity index (χ1v) is 4.61. The van der Waals surface area contributed by atoms with Gasteiger partial charge in [-0.25, -0.2) is 4.39 Å². The minimum absolute atomic E-state index is 0.147. The SMILES string of the molecule is CCSc1cc(F)ccc1C. The van der Waals surface area contributed by atoms with Crippen molar-refractivity contribution in [2.45, 2.75) is 18.7 Å². The molecule has 2 heteroatoms. The first kappa shape index (κ1) is 8.60. The number of halogens is 1. The summed E-state index contributed by atoms with van der Waals surface area (Å²) in [5, 5.41) is 0. The smallest absolute Gasteiger partial charge is 0.124 e. The van der Waals surface area contributed by atoms with Crippen LogP contribution in [0.25, 0.3) is 0 Å². The van der Waals surface area contributed by atoms with Crippen LogP contribution in [0.3, 0.4) is 0 Å². The van der Waals surface area contributed by atoms with Crippen molar-refractivity contribution in [2.24, 2.45) is 0 Å². The van der Waals surface area contributed by atoms with Crippen LogP contribution in [0.1, 0.15) is 12.5 Å². The van der Waals surface area contributed by atoms with Gasteiger partial charge in [-0.05, 0) is 30.4 Å². The summed E-state index contributed by atoms with van der Waals surface area (Å²) < 4.78 is 12.7. The highest BCUT2D eigenvalue weighted by Gasteiger charge is 1.98. The molecule has 0 heterocycles. The predicted molar refractivity (Wildman–Crippen MR) is 47.5 cm³/mol. The maximum absolute atomic E-state index is 12.7. The Labute approximate surface area is 70.8 Å². The highest BCUT2D eigenvalue weighted by molar-refractivity contribution is 7.99. The summed E-state index contributed by atoms with van der Waals surface area (Å²) in [6, 6.07) is 4.89. The Hall–Kier alpha value is -0.500. The molecule has 11 heavy (non-hydrogen) atoms. The van der Waals surface area contributed by atoms with Gasteiger partial charge in [-0.15, -0.1) is 11.8 Å². The molecule has 0 aliphatic heterocycles. The van der Waals surface area contributed by atoms with E-state index in [1.54, 1.807) is 17.8 Å². The summed E-state index contributed by atoms with van der Waals surface area (Å²) in [7, 11) is 0. The van der Waals surface area contributed by atoms with Gasteiger partial charge in [0.2, 0.25) is 0 Å². The van der Waals surface area contributed by atoms with Crippen LogP contribution in [0.4, 0.5) is 4.39 Å². The van der Waals surface area contributed by atoms with Crippen molar-refractivity contribution in [3.63, 3.8) is 0 Å². The zero-order chi connectivity index (χ0) is 8.27. The topological polar surface area (TPSA) is 0 Å². The van der Waals surface area contributed by atoms with Gasteiger partial charge in [-0.3, -0.25) is 0 Å². The summed E-state index contributed by atoms with van der Waals surface area (Å²) >= 11 is 1.68. The van der Waals surface area contributed by atoms with E-state index in [0.29, 0.717) is 0 Å². The second kappa shape index (κ2) is 3.77. The summed E-state index contributed by atoms with van der Waals surface area (Å²) in [5.74, 6) is 0.844. The summed E-state index contributed by atoms with van der Waals surface area (Å²) in [6.45, 7) is 4.06. The van der Waals surface area contributed by atoms with Crippen LogP contribution >= 0.6 is 11.8 Å². The third-order valence-electron chi connectivity index (χ3n) is 1.45. The van der Waals surface area contributed by atoms with Crippen molar-refractivity contribution in [3.8, 4) is 0 Å². The highest BCUT2D eigenvalue weighted by atomic mass is 32.2. The molecule has 1 aromatic rings. The number of benzene rings is 1. The Morgan fingerprint density at radius 3 is 2.82 bits per heavy atom. The number of thioether (sulfide) groups is 1. The van der Waals surface area contributed by atoms with E-state index in [9.17, 15) is 4.39 Å². The standard InChI is InChI=1S/C9H11FS/c1-3-11-9-6-8(10)5-4-7(9)2/h4-6H,3H2,1-2H3. The number of hydrogen-bond donors (Lipinski definition) is 0. The lowest BCUT2D eigenvalue weighted by Crippen LogP contribution is -1.82. The quantitative estimate of drug-likeness (QED) is 0.614. The van der Waals surface area contributed by atoms with Gasteiger partial charge in [0.15, 0.2) is 0 Å². The first-order chi connectivity index (χ1) is 5.24. The monoisotopic (exact) mass is 170 g/mol. The van der Waals surface area contributed by atoms with Gasteiger partial charge in [0, 0.05) is 4.90 Å². The molecule has 0 aliphatic rings. The minimum Gasteiger partial charge on any atom is -0.207 e. The maximum atomic E-state index is 12.7. The van der Waals surface area contributed by atoms with Crippen molar-refractivity contribution in [1.82, 2.24) is 0 Å². The average molecular weight is 170 g/mol. The van der Waals surface area contributed by atoms with E-state index in [2.05, 4.69) is 6.92 Å². The fourth-order valence-corrected chi connectivity index (χ4v) is 1.69. The fraction of sp³-hybridized carbons (Fsp3) is 0.333. The molecule has 0 saturated heterocycles. The van der Waals surface area contributed by atoms with Gasteiger partial charge in [0.25, 0.3) is 0 Å². The zero-order valence-corrected chi connectivity index (χ0v) is 7.54. The van der Waals surface area contributed by atoms with Gasteiger partial charge in [0.05, 0.1) is 0 Å². The molecule has 0 fully saturated rings. The molecule has 60 valence electrons. The van der Waals surface area contributed by atoms with Crippen molar-refractivity contribution in [3.05, 3.63) is 29.6 Å². The molecule has 0 aromatic heterocycles. The molecule has 0 saturated carbocycles. The van der Waals surface area contributed by atoms with Crippen molar-refractivity contribution < 1.29 is 4.39 Å². The van der Waals surface area contributed by atoms with Crippen LogP contribution in [-0.2, 0) is 0 Å². The Bertz CT molecular complexity index is 245. The van der Waals surface area contributed by atoms with E-state index in [-0.39, 0.29) is 5.82 Å². The van der Waals surface area contributed by atoms with Gasteiger partial charge in [-0.1, -0.05) is 13.0 Å². The van der Waals surface area contributed by atoms with Crippen molar-refractivity contribution in [1.29, 1.82) is 0 Å². The Morgan fingerprint density at radius 1 is 1.45 bits per heavy atom. The molecule has 0 nitrogen and oxygen atoms in total. The molecule has 0 unspecified atom stereocenters. The third kappa shape index (κ3) is 2.22. The summed E-state index contributed by atoms with van der Waals surface area (Å²) in [4.78, 5) is 1.05. The number of aryl methyl sites for hydroxylation is 1. The van der Waals surface area contributed by atoms with E-state index in [0.717, 1.165) is 16.2 Å². The Balaban J connectivity index is 2.93. The van der Waals surface area contributed by atoms with Crippen LogP contribution in [0.15, 0.2) is 23.1 Å². The van der Waals surface area contributed by atoms with Crippen LogP contribution in [-0.4, -0.2) is 5.75 Å². The molecular weight excluding hydrogens is 159 g/mol. The highest BCUT2D eigenvalue weighted by Crippen LogP contribution is 2.22. The fourth-order valence-electron chi connectivity index (χ4n) is 0.885. The Kier molecular flexibility index (Phi) is 2.94. The van der Waals surface area contributed by atoms with Crippen LogP contribution < -0.4 is 0 Å². The second-order valence-electron chi connectivity index (χ2n) is 2.34. The van der Waals surface area contributed by atoms with E-state index < -0.39 is 0 Å². The van der Waals surface area contributed by atoms with E-state index in [4.69, 9.17) is 0 Å². The molecular formula is C9H11FS. The predicted octanol–water partition coefficient (Wildman–Crippen LogP) is 3.25. The minimum atomic E-state index is -0.147. The van der Waals surface area contributed by atoms with Crippen molar-refractivity contribution >= 4 is 11.8 Å². The van der Waals surface area contributed by atoms with E-state index in [1.807, 2.05) is 13.0 Å². The molecule has 1 rings (SSSR count). The van der Waals surface area contributed by atoms with Crippen molar-refractivity contribution in [2.75, 3.05) is 5.75 Å². The number of rotatable bonds is 2. The first-order valence-electron chi connectivity index (χ1n) is 3.63. The van der Waals surface area contributed by atoms with Crippen LogP contribution in [0.2, 0.25) is 0 Å². The van der Waals surface area contributed by atoms with E-state index >= 15 is 0 Å². The van der Waals surface area contributed by atoms with Crippen LogP contribution in [0, 0.1) is 12.7 Å². The van der Waals surface area contributed by atoms with Gasteiger partial charge in [0.1, 0.15) is 5.82 Å². The van der Waals surface area contributed by atoms with Gasteiger partial charge >= 0.3 is 0 Å². The second-order valence-corrected chi connectivity index (χ2v) is 3.65. The lowest BCUT2D eigenvalue weighted by atomic mass is 10.2. The molecule has 1 aromatic carbocycles. The Morgan fingerprint density at radius 2 is 2.18 bits per heavy atom. The molecule has 0 amide bonds. The largest absolute Gasteiger partial charge is 0.207 e. The summed E-state index contributed by atoms with van der Waals surface area (Å²) in [6.07, 6.45) is 0. The zero-order valence-electron chi connectivity index (χ0n) is 6.73. The molecule has 0 aliphatic carbocycles. The maximum Gasteiger partial charge on any atom is 0.124 e. The normalized spacial score (nSPS) is 10.1. The average Bonchev–Trinajstić information content (AvgIpc) is 1.98. The molecule has 0 bridgehead atoms. The molecule has 0 spiro atoms.